The number of halogens is 1. The summed E-state index contributed by atoms with van der Waals surface area (Å²) in [6, 6.07) is 6.05. The molecule has 0 heterocycles. The van der Waals surface area contributed by atoms with Crippen LogP contribution in [0.25, 0.3) is 0 Å². The normalized spacial score (nSPS) is 11.9. The minimum Gasteiger partial charge on any atom is -0.324 e. The molecule has 0 radical (unpaired) electrons. The van der Waals surface area contributed by atoms with Crippen molar-refractivity contribution in [3.05, 3.63) is 29.3 Å². The lowest BCUT2D eigenvalue weighted by Gasteiger charge is -2.29. The van der Waals surface area contributed by atoms with Crippen LogP contribution in [0.3, 0.4) is 0 Å². The monoisotopic (exact) mass is 312 g/mol. The van der Waals surface area contributed by atoms with Crippen molar-refractivity contribution in [1.82, 2.24) is 4.90 Å². The second-order valence-corrected chi connectivity index (χ2v) is 5.31. The Balaban J connectivity index is 0.00000400. The molecule has 0 aliphatic carbocycles. The fourth-order valence-electron chi connectivity index (χ4n) is 2.65. The average molecular weight is 313 g/mol. The number of hydrogen-bond acceptors (Lipinski definition) is 2. The third kappa shape index (κ3) is 5.33. The fraction of sp³-hybridized carbons (Fsp3) is 0.588. The first-order valence-electron chi connectivity index (χ1n) is 7.66. The molecule has 1 aromatic carbocycles. The average Bonchev–Trinajstić information content (AvgIpc) is 2.42. The summed E-state index contributed by atoms with van der Waals surface area (Å²) >= 11 is 0. The van der Waals surface area contributed by atoms with Gasteiger partial charge in [0.15, 0.2) is 0 Å². The molecule has 0 aliphatic rings. The highest BCUT2D eigenvalue weighted by Crippen LogP contribution is 2.20. The van der Waals surface area contributed by atoms with Crippen molar-refractivity contribution in [3.63, 3.8) is 0 Å². The predicted octanol–water partition coefficient (Wildman–Crippen LogP) is 4.17. The van der Waals surface area contributed by atoms with Crippen molar-refractivity contribution in [2.75, 3.05) is 18.4 Å². The predicted molar refractivity (Wildman–Crippen MR) is 93.4 cm³/mol. The topological polar surface area (TPSA) is 32.3 Å². The van der Waals surface area contributed by atoms with Gasteiger partial charge >= 0.3 is 0 Å². The van der Waals surface area contributed by atoms with Crippen LogP contribution in [0.15, 0.2) is 18.2 Å². The third-order valence-electron chi connectivity index (χ3n) is 3.78. The lowest BCUT2D eigenvalue weighted by Crippen LogP contribution is -2.44. The minimum atomic E-state index is -0.0426. The number of nitrogens with zero attached hydrogens (tertiary/aromatic N) is 1. The SMILES string of the molecule is CCCN(CC)[C@H](CC)C(=O)Nc1c(C)cccc1C.Cl. The van der Waals surface area contributed by atoms with Crippen molar-refractivity contribution >= 4 is 24.0 Å². The van der Waals surface area contributed by atoms with E-state index in [0.29, 0.717) is 0 Å². The van der Waals surface area contributed by atoms with E-state index in [-0.39, 0.29) is 24.4 Å². The Morgan fingerprint density at radius 3 is 2.19 bits per heavy atom. The van der Waals surface area contributed by atoms with E-state index in [1.54, 1.807) is 0 Å². The lowest BCUT2D eigenvalue weighted by molar-refractivity contribution is -0.121. The minimum absolute atomic E-state index is 0. The van der Waals surface area contributed by atoms with Crippen LogP contribution < -0.4 is 5.32 Å². The Morgan fingerprint density at radius 2 is 1.76 bits per heavy atom. The standard InChI is InChI=1S/C17H28N2O.ClH/c1-6-12-19(8-3)15(7-2)17(20)18-16-13(4)10-9-11-14(16)5;/h9-11,15H,6-8,12H2,1-5H3,(H,18,20);1H/t15-;/m1./s1. The molecule has 0 saturated carbocycles. The number of amides is 1. The Kier molecular flexibility index (Phi) is 9.31. The molecule has 1 rings (SSSR count). The smallest absolute Gasteiger partial charge is 0.241 e. The van der Waals surface area contributed by atoms with Gasteiger partial charge in [0.2, 0.25) is 5.91 Å². The van der Waals surface area contributed by atoms with Gasteiger partial charge in [-0.1, -0.05) is 39.0 Å². The number of likely N-dealkylation sites (N-methyl/N-ethyl adjacent to an activating group) is 1. The Morgan fingerprint density at radius 1 is 1.19 bits per heavy atom. The number of aryl methyl sites for hydroxylation is 2. The molecule has 1 N–H and O–H groups in total. The van der Waals surface area contributed by atoms with Gasteiger partial charge in [-0.05, 0) is 50.9 Å². The summed E-state index contributed by atoms with van der Waals surface area (Å²) in [5, 5.41) is 3.12. The van der Waals surface area contributed by atoms with E-state index in [1.165, 1.54) is 0 Å². The van der Waals surface area contributed by atoms with Gasteiger partial charge in [-0.15, -0.1) is 12.4 Å². The Hall–Kier alpha value is -1.06. The van der Waals surface area contributed by atoms with Gasteiger partial charge in [-0.2, -0.15) is 0 Å². The highest BCUT2D eigenvalue weighted by atomic mass is 35.5. The van der Waals surface area contributed by atoms with Crippen LogP contribution in [0.1, 0.15) is 44.7 Å². The van der Waals surface area contributed by atoms with Crippen molar-refractivity contribution < 1.29 is 4.79 Å². The molecule has 0 spiro atoms. The number of benzene rings is 1. The molecular formula is C17H29ClN2O. The van der Waals surface area contributed by atoms with E-state index < -0.39 is 0 Å². The maximum atomic E-state index is 12.6. The van der Waals surface area contributed by atoms with E-state index in [4.69, 9.17) is 0 Å². The number of hydrogen-bond donors (Lipinski definition) is 1. The first-order chi connectivity index (χ1) is 9.54. The second-order valence-electron chi connectivity index (χ2n) is 5.31. The highest BCUT2D eigenvalue weighted by molar-refractivity contribution is 5.96. The number of rotatable bonds is 7. The molecule has 0 aromatic heterocycles. The zero-order chi connectivity index (χ0) is 15.1. The molecule has 1 amide bonds. The van der Waals surface area contributed by atoms with Crippen LogP contribution >= 0.6 is 12.4 Å². The van der Waals surface area contributed by atoms with Crippen LogP contribution in [0.5, 0.6) is 0 Å². The van der Waals surface area contributed by atoms with Gasteiger partial charge in [0.25, 0.3) is 0 Å². The molecule has 0 unspecified atom stereocenters. The summed E-state index contributed by atoms with van der Waals surface area (Å²) in [6.07, 6.45) is 1.91. The summed E-state index contributed by atoms with van der Waals surface area (Å²) in [5.41, 5.74) is 3.20. The number of carbonyl (C=O) groups is 1. The lowest BCUT2D eigenvalue weighted by atomic mass is 10.1. The zero-order valence-electron chi connectivity index (χ0n) is 13.9. The van der Waals surface area contributed by atoms with E-state index in [2.05, 4.69) is 31.0 Å². The molecule has 4 heteroatoms. The van der Waals surface area contributed by atoms with Gasteiger partial charge in [-0.25, -0.2) is 0 Å². The summed E-state index contributed by atoms with van der Waals surface area (Å²) in [4.78, 5) is 14.8. The van der Waals surface area contributed by atoms with Crippen LogP contribution in [0.2, 0.25) is 0 Å². The summed E-state index contributed by atoms with van der Waals surface area (Å²) in [5.74, 6) is 0.111. The largest absolute Gasteiger partial charge is 0.324 e. The van der Waals surface area contributed by atoms with Crippen molar-refractivity contribution in [1.29, 1.82) is 0 Å². The van der Waals surface area contributed by atoms with Gasteiger partial charge in [-0.3, -0.25) is 9.69 Å². The summed E-state index contributed by atoms with van der Waals surface area (Å²) < 4.78 is 0. The molecule has 21 heavy (non-hydrogen) atoms. The molecule has 3 nitrogen and oxygen atoms in total. The number of nitrogens with one attached hydrogen (secondary N) is 1. The zero-order valence-corrected chi connectivity index (χ0v) is 14.7. The quantitative estimate of drug-likeness (QED) is 0.819. The van der Waals surface area contributed by atoms with Crippen molar-refractivity contribution in [2.24, 2.45) is 0 Å². The molecule has 0 fully saturated rings. The number of anilines is 1. The molecule has 0 saturated heterocycles. The number of para-hydroxylation sites is 1. The van der Waals surface area contributed by atoms with Gasteiger partial charge in [0.05, 0.1) is 6.04 Å². The maximum Gasteiger partial charge on any atom is 0.241 e. The number of carbonyl (C=O) groups excluding carboxylic acids is 1. The van der Waals surface area contributed by atoms with Crippen molar-refractivity contribution in [2.45, 2.75) is 53.5 Å². The molecule has 1 atom stereocenters. The first kappa shape index (κ1) is 19.9. The van der Waals surface area contributed by atoms with Gasteiger partial charge in [0.1, 0.15) is 0 Å². The van der Waals surface area contributed by atoms with Gasteiger partial charge < -0.3 is 5.32 Å². The maximum absolute atomic E-state index is 12.6. The van der Waals surface area contributed by atoms with E-state index in [0.717, 1.165) is 42.7 Å². The Bertz CT molecular complexity index is 428. The van der Waals surface area contributed by atoms with Crippen LogP contribution in [0, 0.1) is 13.8 Å². The summed E-state index contributed by atoms with van der Waals surface area (Å²) in [7, 11) is 0. The Labute approximate surface area is 135 Å². The molecule has 120 valence electrons. The van der Waals surface area contributed by atoms with Crippen LogP contribution in [-0.2, 0) is 4.79 Å². The first-order valence-corrected chi connectivity index (χ1v) is 7.66. The van der Waals surface area contributed by atoms with E-state index in [1.807, 2.05) is 32.0 Å². The molecule has 0 aliphatic heterocycles. The van der Waals surface area contributed by atoms with Crippen LogP contribution in [0.4, 0.5) is 5.69 Å². The third-order valence-corrected chi connectivity index (χ3v) is 3.78. The van der Waals surface area contributed by atoms with Gasteiger partial charge in [0, 0.05) is 5.69 Å². The van der Waals surface area contributed by atoms with Crippen molar-refractivity contribution in [3.8, 4) is 0 Å². The second kappa shape index (κ2) is 9.80. The fourth-order valence-corrected chi connectivity index (χ4v) is 2.65. The van der Waals surface area contributed by atoms with E-state index >= 15 is 0 Å². The summed E-state index contributed by atoms with van der Waals surface area (Å²) in [6.45, 7) is 12.3. The molecule has 1 aromatic rings. The van der Waals surface area contributed by atoms with Crippen LogP contribution in [-0.4, -0.2) is 29.9 Å². The molecular weight excluding hydrogens is 284 g/mol. The highest BCUT2D eigenvalue weighted by Gasteiger charge is 2.23. The molecule has 0 bridgehead atoms. The van der Waals surface area contributed by atoms with E-state index in [9.17, 15) is 4.79 Å².